The molecule has 1 aromatic heterocycles. The number of methoxy groups -OCH3 is 1. The minimum Gasteiger partial charge on any atom is -0.370 e. The minimum atomic E-state index is -0.266. The molecule has 0 spiro atoms. The normalized spacial score (nSPS) is 16.9. The van der Waals surface area contributed by atoms with Gasteiger partial charge in [-0.05, 0) is 30.9 Å². The van der Waals surface area contributed by atoms with Crippen LogP contribution in [-0.2, 0) is 10.3 Å². The number of nitrogens with one attached hydrogen (secondary N) is 1. The van der Waals surface area contributed by atoms with Gasteiger partial charge < -0.3 is 9.72 Å². The second kappa shape index (κ2) is 4.87. The quantitative estimate of drug-likeness (QED) is 0.863. The van der Waals surface area contributed by atoms with Crippen LogP contribution in [0.3, 0.4) is 0 Å². The third kappa shape index (κ3) is 2.22. The Hall–Kier alpha value is -1.52. The summed E-state index contributed by atoms with van der Waals surface area (Å²) in [6.07, 6.45) is 3.17. The van der Waals surface area contributed by atoms with Gasteiger partial charge in [-0.25, -0.2) is 4.98 Å². The molecule has 0 aliphatic heterocycles. The van der Waals surface area contributed by atoms with Gasteiger partial charge in [0.05, 0.1) is 0 Å². The van der Waals surface area contributed by atoms with E-state index in [1.54, 1.807) is 7.11 Å². The van der Waals surface area contributed by atoms with E-state index in [0.717, 1.165) is 29.9 Å². The van der Waals surface area contributed by atoms with E-state index in [9.17, 15) is 0 Å². The van der Waals surface area contributed by atoms with Crippen molar-refractivity contribution in [2.45, 2.75) is 24.9 Å². The van der Waals surface area contributed by atoms with Crippen LogP contribution in [0.1, 0.15) is 25.1 Å². The largest absolute Gasteiger partial charge is 0.370 e. The topological polar surface area (TPSA) is 37.9 Å². The van der Waals surface area contributed by atoms with Gasteiger partial charge in [0.15, 0.2) is 0 Å². The highest BCUT2D eigenvalue weighted by Crippen LogP contribution is 2.42. The zero-order chi connectivity index (χ0) is 13.3. The Labute approximate surface area is 117 Å². The van der Waals surface area contributed by atoms with Crippen molar-refractivity contribution in [3.63, 3.8) is 0 Å². The van der Waals surface area contributed by atoms with Gasteiger partial charge in [-0.3, -0.25) is 0 Å². The SMILES string of the molecule is COC1(c2nc(=S)cc(-c3ccccc3)[nH]2)CCC1. The monoisotopic (exact) mass is 272 g/mol. The number of hydrogen-bond donors (Lipinski definition) is 1. The third-order valence-electron chi connectivity index (χ3n) is 3.81. The average molecular weight is 272 g/mol. The Balaban J connectivity index is 2.09. The van der Waals surface area contributed by atoms with E-state index >= 15 is 0 Å². The van der Waals surface area contributed by atoms with Crippen LogP contribution in [-0.4, -0.2) is 17.1 Å². The molecule has 3 rings (SSSR count). The van der Waals surface area contributed by atoms with Crippen molar-refractivity contribution in [1.82, 2.24) is 9.97 Å². The molecule has 3 nitrogen and oxygen atoms in total. The summed E-state index contributed by atoms with van der Waals surface area (Å²) in [6, 6.07) is 12.1. The van der Waals surface area contributed by atoms with Gasteiger partial charge in [-0.1, -0.05) is 42.5 Å². The summed E-state index contributed by atoms with van der Waals surface area (Å²) < 4.78 is 6.27. The highest BCUT2D eigenvalue weighted by molar-refractivity contribution is 7.71. The Morgan fingerprint density at radius 2 is 2.00 bits per heavy atom. The maximum atomic E-state index is 5.67. The molecule has 19 heavy (non-hydrogen) atoms. The molecule has 0 radical (unpaired) electrons. The first-order chi connectivity index (χ1) is 9.23. The molecule has 4 heteroatoms. The number of nitrogens with zero attached hydrogens (tertiary/aromatic N) is 1. The molecule has 1 aromatic carbocycles. The fourth-order valence-corrected chi connectivity index (χ4v) is 2.69. The van der Waals surface area contributed by atoms with Crippen molar-refractivity contribution >= 4 is 12.2 Å². The molecular formula is C15H16N2OS. The maximum Gasteiger partial charge on any atom is 0.140 e. The van der Waals surface area contributed by atoms with Crippen molar-refractivity contribution in [3.05, 3.63) is 46.9 Å². The molecule has 1 heterocycles. The fourth-order valence-electron chi connectivity index (χ4n) is 2.48. The van der Waals surface area contributed by atoms with Gasteiger partial charge in [0.2, 0.25) is 0 Å². The van der Waals surface area contributed by atoms with Crippen LogP contribution in [0.15, 0.2) is 36.4 Å². The molecule has 0 atom stereocenters. The zero-order valence-electron chi connectivity index (χ0n) is 10.8. The van der Waals surface area contributed by atoms with Gasteiger partial charge in [0.1, 0.15) is 16.1 Å². The average Bonchev–Trinajstić information content (AvgIpc) is 2.39. The summed E-state index contributed by atoms with van der Waals surface area (Å²) in [5, 5.41) is 0. The summed E-state index contributed by atoms with van der Waals surface area (Å²) in [5.74, 6) is 0.854. The van der Waals surface area contributed by atoms with Gasteiger partial charge in [-0.2, -0.15) is 0 Å². The van der Waals surface area contributed by atoms with Gasteiger partial charge >= 0.3 is 0 Å². The molecule has 98 valence electrons. The summed E-state index contributed by atoms with van der Waals surface area (Å²) in [5.41, 5.74) is 1.85. The van der Waals surface area contributed by atoms with Crippen molar-refractivity contribution in [1.29, 1.82) is 0 Å². The molecule has 1 fully saturated rings. The van der Waals surface area contributed by atoms with E-state index in [1.807, 2.05) is 24.3 Å². The second-order valence-corrected chi connectivity index (χ2v) is 5.32. The van der Waals surface area contributed by atoms with Crippen molar-refractivity contribution in [2.24, 2.45) is 0 Å². The maximum absolute atomic E-state index is 5.67. The van der Waals surface area contributed by atoms with E-state index in [-0.39, 0.29) is 5.60 Å². The Morgan fingerprint density at radius 3 is 2.58 bits per heavy atom. The smallest absolute Gasteiger partial charge is 0.140 e. The molecule has 1 N–H and O–H groups in total. The van der Waals surface area contributed by atoms with E-state index in [0.29, 0.717) is 4.64 Å². The highest BCUT2D eigenvalue weighted by atomic mass is 32.1. The lowest BCUT2D eigenvalue weighted by molar-refractivity contribution is -0.0846. The zero-order valence-corrected chi connectivity index (χ0v) is 11.7. The van der Waals surface area contributed by atoms with Gasteiger partial charge in [0, 0.05) is 12.8 Å². The van der Waals surface area contributed by atoms with Crippen LogP contribution in [0.2, 0.25) is 0 Å². The lowest BCUT2D eigenvalue weighted by Gasteiger charge is -2.39. The fraction of sp³-hybridized carbons (Fsp3) is 0.333. The Morgan fingerprint density at radius 1 is 1.26 bits per heavy atom. The standard InChI is InChI=1S/C15H16N2OS/c1-18-15(8-5-9-15)14-16-12(10-13(19)17-14)11-6-3-2-4-7-11/h2-4,6-7,10H,5,8-9H2,1H3,(H,16,17,19). The number of rotatable bonds is 3. The van der Waals surface area contributed by atoms with E-state index in [2.05, 4.69) is 22.1 Å². The first-order valence-corrected chi connectivity index (χ1v) is 6.87. The number of benzene rings is 1. The van der Waals surface area contributed by atoms with Crippen LogP contribution in [0.5, 0.6) is 0 Å². The molecule has 0 amide bonds. The summed E-state index contributed by atoms with van der Waals surface area (Å²) >= 11 is 5.29. The number of aromatic amines is 1. The predicted molar refractivity (Wildman–Crippen MR) is 77.4 cm³/mol. The molecule has 1 saturated carbocycles. The molecule has 0 unspecified atom stereocenters. The molecule has 2 aromatic rings. The van der Waals surface area contributed by atoms with Crippen LogP contribution in [0.4, 0.5) is 0 Å². The molecular weight excluding hydrogens is 256 g/mol. The van der Waals surface area contributed by atoms with Crippen LogP contribution >= 0.6 is 12.2 Å². The molecule has 1 aliphatic carbocycles. The van der Waals surface area contributed by atoms with Crippen LogP contribution < -0.4 is 0 Å². The molecule has 1 aliphatic rings. The number of hydrogen-bond acceptors (Lipinski definition) is 3. The summed E-state index contributed by atoms with van der Waals surface area (Å²) in [7, 11) is 1.74. The number of H-pyrrole nitrogens is 1. The Kier molecular flexibility index (Phi) is 3.21. The van der Waals surface area contributed by atoms with E-state index in [4.69, 9.17) is 17.0 Å². The van der Waals surface area contributed by atoms with Crippen LogP contribution in [0, 0.1) is 4.64 Å². The first kappa shape index (κ1) is 12.5. The van der Waals surface area contributed by atoms with Gasteiger partial charge in [-0.15, -0.1) is 0 Å². The van der Waals surface area contributed by atoms with Crippen molar-refractivity contribution in [2.75, 3.05) is 7.11 Å². The predicted octanol–water partition coefficient (Wildman–Crippen LogP) is 3.83. The minimum absolute atomic E-state index is 0.266. The molecule has 0 saturated heterocycles. The van der Waals surface area contributed by atoms with Crippen LogP contribution in [0.25, 0.3) is 11.3 Å². The number of aromatic nitrogens is 2. The summed E-state index contributed by atoms with van der Waals surface area (Å²) in [6.45, 7) is 0. The number of ether oxygens (including phenoxy) is 1. The van der Waals surface area contributed by atoms with Crippen molar-refractivity contribution < 1.29 is 4.74 Å². The highest BCUT2D eigenvalue weighted by Gasteiger charge is 2.41. The second-order valence-electron chi connectivity index (χ2n) is 4.90. The van der Waals surface area contributed by atoms with E-state index in [1.165, 1.54) is 6.42 Å². The van der Waals surface area contributed by atoms with Crippen molar-refractivity contribution in [3.8, 4) is 11.3 Å². The third-order valence-corrected chi connectivity index (χ3v) is 4.02. The lowest BCUT2D eigenvalue weighted by atomic mass is 9.79. The van der Waals surface area contributed by atoms with E-state index < -0.39 is 0 Å². The first-order valence-electron chi connectivity index (χ1n) is 6.46. The summed E-state index contributed by atoms with van der Waals surface area (Å²) in [4.78, 5) is 7.85. The molecule has 0 bridgehead atoms. The Bertz CT molecular complexity index is 627. The lowest BCUT2D eigenvalue weighted by Crippen LogP contribution is -2.38. The van der Waals surface area contributed by atoms with Gasteiger partial charge in [0.25, 0.3) is 0 Å².